The van der Waals surface area contributed by atoms with Gasteiger partial charge in [-0.05, 0) is 37.3 Å². The lowest BCUT2D eigenvalue weighted by Crippen LogP contribution is -2.33. The number of likely N-dealkylation sites (tertiary alicyclic amines) is 1. The number of nitrogens with one attached hydrogen (secondary N) is 1. The standard InChI is InChI=1S/C18H30N2/c1-5-18-11-6-15(4)20(18)13-17-9-7-16(8-10-17)12-19-14(2)3/h7-10,14-15,18-19H,5-6,11-13H2,1-4H3. The van der Waals surface area contributed by atoms with Crippen LogP contribution in [0, 0.1) is 0 Å². The van der Waals surface area contributed by atoms with Crippen LogP contribution in [0.15, 0.2) is 24.3 Å². The minimum absolute atomic E-state index is 0.547. The quantitative estimate of drug-likeness (QED) is 0.845. The highest BCUT2D eigenvalue weighted by Gasteiger charge is 2.28. The number of rotatable bonds is 6. The van der Waals surface area contributed by atoms with Crippen LogP contribution in [-0.4, -0.2) is 23.0 Å². The van der Waals surface area contributed by atoms with E-state index in [4.69, 9.17) is 0 Å². The summed E-state index contributed by atoms with van der Waals surface area (Å²) in [5.74, 6) is 0. The zero-order valence-corrected chi connectivity index (χ0v) is 13.5. The van der Waals surface area contributed by atoms with Crippen molar-refractivity contribution in [2.75, 3.05) is 0 Å². The summed E-state index contributed by atoms with van der Waals surface area (Å²) in [6.45, 7) is 11.1. The molecule has 1 aliphatic rings. The molecule has 1 N–H and O–H groups in total. The normalized spacial score (nSPS) is 23.6. The zero-order valence-electron chi connectivity index (χ0n) is 13.5. The van der Waals surface area contributed by atoms with Crippen LogP contribution in [0.25, 0.3) is 0 Å². The second-order valence-corrected chi connectivity index (χ2v) is 6.51. The summed E-state index contributed by atoms with van der Waals surface area (Å²) in [4.78, 5) is 2.68. The molecule has 1 aliphatic heterocycles. The highest BCUT2D eigenvalue weighted by molar-refractivity contribution is 5.22. The lowest BCUT2D eigenvalue weighted by atomic mass is 10.1. The molecule has 2 atom stereocenters. The second-order valence-electron chi connectivity index (χ2n) is 6.51. The van der Waals surface area contributed by atoms with Gasteiger partial charge in [-0.3, -0.25) is 4.90 Å². The summed E-state index contributed by atoms with van der Waals surface area (Å²) in [6, 6.07) is 11.2. The van der Waals surface area contributed by atoms with E-state index < -0.39 is 0 Å². The van der Waals surface area contributed by atoms with Crippen molar-refractivity contribution in [1.82, 2.24) is 10.2 Å². The van der Waals surface area contributed by atoms with Crippen molar-refractivity contribution in [3.63, 3.8) is 0 Å². The summed E-state index contributed by atoms with van der Waals surface area (Å²) >= 11 is 0. The first-order chi connectivity index (χ1) is 9.60. The van der Waals surface area contributed by atoms with Crippen molar-refractivity contribution in [1.29, 1.82) is 0 Å². The van der Waals surface area contributed by atoms with Gasteiger partial charge in [0.25, 0.3) is 0 Å². The molecule has 0 bridgehead atoms. The average molecular weight is 274 g/mol. The Labute approximate surface area is 124 Å². The van der Waals surface area contributed by atoms with Crippen molar-refractivity contribution >= 4 is 0 Å². The Balaban J connectivity index is 1.93. The first-order valence-corrected chi connectivity index (χ1v) is 8.17. The van der Waals surface area contributed by atoms with E-state index in [0.29, 0.717) is 6.04 Å². The molecule has 1 fully saturated rings. The van der Waals surface area contributed by atoms with Gasteiger partial charge >= 0.3 is 0 Å². The number of hydrogen-bond acceptors (Lipinski definition) is 2. The van der Waals surface area contributed by atoms with Gasteiger partial charge in [-0.2, -0.15) is 0 Å². The van der Waals surface area contributed by atoms with E-state index in [1.54, 1.807) is 0 Å². The molecule has 2 heteroatoms. The molecule has 2 unspecified atom stereocenters. The maximum Gasteiger partial charge on any atom is 0.0239 e. The largest absolute Gasteiger partial charge is 0.310 e. The third-order valence-electron chi connectivity index (χ3n) is 4.53. The zero-order chi connectivity index (χ0) is 14.5. The summed E-state index contributed by atoms with van der Waals surface area (Å²) in [5, 5.41) is 3.47. The van der Waals surface area contributed by atoms with Gasteiger partial charge in [0, 0.05) is 31.2 Å². The Morgan fingerprint density at radius 1 is 1.15 bits per heavy atom. The first-order valence-electron chi connectivity index (χ1n) is 8.17. The fourth-order valence-corrected chi connectivity index (χ4v) is 3.14. The predicted octanol–water partition coefficient (Wildman–Crippen LogP) is 3.95. The molecule has 1 heterocycles. The van der Waals surface area contributed by atoms with E-state index in [9.17, 15) is 0 Å². The van der Waals surface area contributed by atoms with Crippen LogP contribution in [0.3, 0.4) is 0 Å². The minimum Gasteiger partial charge on any atom is -0.310 e. The predicted molar refractivity (Wildman–Crippen MR) is 86.7 cm³/mol. The van der Waals surface area contributed by atoms with Gasteiger partial charge in [0.1, 0.15) is 0 Å². The number of nitrogens with zero attached hydrogens (tertiary/aromatic N) is 1. The van der Waals surface area contributed by atoms with Crippen molar-refractivity contribution in [3.8, 4) is 0 Å². The van der Waals surface area contributed by atoms with Gasteiger partial charge < -0.3 is 5.32 Å². The minimum atomic E-state index is 0.547. The van der Waals surface area contributed by atoms with Crippen molar-refractivity contribution < 1.29 is 0 Å². The Morgan fingerprint density at radius 2 is 1.80 bits per heavy atom. The van der Waals surface area contributed by atoms with E-state index in [-0.39, 0.29) is 0 Å². The third kappa shape index (κ3) is 4.07. The smallest absolute Gasteiger partial charge is 0.0239 e. The van der Waals surface area contributed by atoms with E-state index in [2.05, 4.69) is 62.2 Å². The monoisotopic (exact) mass is 274 g/mol. The van der Waals surface area contributed by atoms with Gasteiger partial charge in [0.05, 0.1) is 0 Å². The van der Waals surface area contributed by atoms with Crippen molar-refractivity contribution in [3.05, 3.63) is 35.4 Å². The van der Waals surface area contributed by atoms with Gasteiger partial charge in [-0.25, -0.2) is 0 Å². The molecule has 1 aromatic carbocycles. The molecule has 1 aromatic rings. The molecule has 0 aliphatic carbocycles. The number of benzene rings is 1. The molecule has 0 saturated carbocycles. The van der Waals surface area contributed by atoms with Crippen LogP contribution < -0.4 is 5.32 Å². The molecule has 0 aromatic heterocycles. The van der Waals surface area contributed by atoms with Crippen LogP contribution in [0.4, 0.5) is 0 Å². The molecular weight excluding hydrogens is 244 g/mol. The van der Waals surface area contributed by atoms with Crippen molar-refractivity contribution in [2.24, 2.45) is 0 Å². The Bertz CT molecular complexity index is 396. The fourth-order valence-electron chi connectivity index (χ4n) is 3.14. The van der Waals surface area contributed by atoms with Crippen LogP contribution in [0.2, 0.25) is 0 Å². The van der Waals surface area contributed by atoms with E-state index in [1.807, 2.05) is 0 Å². The maximum absolute atomic E-state index is 3.47. The summed E-state index contributed by atoms with van der Waals surface area (Å²) in [5.41, 5.74) is 2.83. The summed E-state index contributed by atoms with van der Waals surface area (Å²) in [6.07, 6.45) is 4.00. The highest BCUT2D eigenvalue weighted by Crippen LogP contribution is 2.27. The first kappa shape index (κ1) is 15.5. The SMILES string of the molecule is CCC1CCC(C)N1Cc1ccc(CNC(C)C)cc1. The van der Waals surface area contributed by atoms with Gasteiger partial charge in [0.2, 0.25) is 0 Å². The Hall–Kier alpha value is -0.860. The molecule has 2 nitrogen and oxygen atoms in total. The average Bonchev–Trinajstić information content (AvgIpc) is 2.79. The fraction of sp³-hybridized carbons (Fsp3) is 0.667. The number of hydrogen-bond donors (Lipinski definition) is 1. The topological polar surface area (TPSA) is 15.3 Å². The Morgan fingerprint density at radius 3 is 2.40 bits per heavy atom. The lowest BCUT2D eigenvalue weighted by Gasteiger charge is -2.27. The molecule has 20 heavy (non-hydrogen) atoms. The van der Waals surface area contributed by atoms with E-state index >= 15 is 0 Å². The molecule has 0 spiro atoms. The molecule has 0 radical (unpaired) electrons. The molecule has 112 valence electrons. The van der Waals surface area contributed by atoms with Gasteiger partial charge in [-0.1, -0.05) is 45.0 Å². The third-order valence-corrected chi connectivity index (χ3v) is 4.53. The molecule has 2 rings (SSSR count). The van der Waals surface area contributed by atoms with E-state index in [1.165, 1.54) is 30.4 Å². The van der Waals surface area contributed by atoms with Crippen LogP contribution in [0.5, 0.6) is 0 Å². The highest BCUT2D eigenvalue weighted by atomic mass is 15.2. The van der Waals surface area contributed by atoms with Crippen LogP contribution in [-0.2, 0) is 13.1 Å². The molecular formula is C18H30N2. The summed E-state index contributed by atoms with van der Waals surface area (Å²) < 4.78 is 0. The van der Waals surface area contributed by atoms with Gasteiger partial charge in [0.15, 0.2) is 0 Å². The Kier molecular flexibility index (Phi) is 5.62. The molecule has 0 amide bonds. The van der Waals surface area contributed by atoms with E-state index in [0.717, 1.165) is 25.2 Å². The van der Waals surface area contributed by atoms with Crippen molar-refractivity contribution in [2.45, 2.75) is 78.2 Å². The lowest BCUT2D eigenvalue weighted by molar-refractivity contribution is 0.189. The maximum atomic E-state index is 3.47. The molecule has 1 saturated heterocycles. The van der Waals surface area contributed by atoms with Crippen LogP contribution in [0.1, 0.15) is 58.1 Å². The summed E-state index contributed by atoms with van der Waals surface area (Å²) in [7, 11) is 0. The van der Waals surface area contributed by atoms with Gasteiger partial charge in [-0.15, -0.1) is 0 Å². The second kappa shape index (κ2) is 7.24. The van der Waals surface area contributed by atoms with Crippen LogP contribution >= 0.6 is 0 Å².